The normalized spacial score (nSPS) is 17.5. The van der Waals surface area contributed by atoms with Gasteiger partial charge in [-0.05, 0) is 13.0 Å². The van der Waals surface area contributed by atoms with E-state index in [1.54, 1.807) is 31.5 Å². The molecular weight excluding hydrogens is 320 g/mol. The van der Waals surface area contributed by atoms with Crippen molar-refractivity contribution in [2.24, 2.45) is 0 Å². The molecule has 2 N–H and O–H groups in total. The van der Waals surface area contributed by atoms with E-state index in [9.17, 15) is 9.90 Å². The minimum atomic E-state index is -0.730. The standard InChI is InChI=1S/C15H10N2O3S2/c1-8(18)2-3-9-6-16-7-10-4-11(20-13(9)10)5-12-14(19)17-15(21)22-12/h4-8,18H,1H3,(H,17,19,21)/b12-5-. The van der Waals surface area contributed by atoms with Crippen LogP contribution in [0.1, 0.15) is 18.2 Å². The molecule has 7 heteroatoms. The third-order valence-corrected chi connectivity index (χ3v) is 3.94. The summed E-state index contributed by atoms with van der Waals surface area (Å²) in [7, 11) is 0. The maximum absolute atomic E-state index is 11.7. The number of fused-ring (bicyclic) bond motifs is 1. The molecular formula is C15H10N2O3S2. The number of aliphatic hydroxyl groups is 1. The number of carbonyl (C=O) groups is 1. The molecule has 5 nitrogen and oxygen atoms in total. The number of hydrogen-bond donors (Lipinski definition) is 2. The van der Waals surface area contributed by atoms with E-state index in [4.69, 9.17) is 16.6 Å². The molecule has 1 fully saturated rings. The molecule has 2 aromatic heterocycles. The Morgan fingerprint density at radius 1 is 1.55 bits per heavy atom. The molecule has 1 aliphatic heterocycles. The quantitative estimate of drug-likeness (QED) is 0.473. The number of aliphatic hydroxyl groups excluding tert-OH is 1. The molecule has 1 amide bonds. The van der Waals surface area contributed by atoms with Crippen LogP contribution in [0.25, 0.3) is 17.0 Å². The van der Waals surface area contributed by atoms with Gasteiger partial charge in [0, 0.05) is 23.9 Å². The number of rotatable bonds is 1. The van der Waals surface area contributed by atoms with E-state index in [-0.39, 0.29) is 5.91 Å². The summed E-state index contributed by atoms with van der Waals surface area (Å²) in [4.78, 5) is 16.2. The molecule has 1 unspecified atom stereocenters. The van der Waals surface area contributed by atoms with E-state index >= 15 is 0 Å². The van der Waals surface area contributed by atoms with E-state index in [1.165, 1.54) is 11.8 Å². The summed E-state index contributed by atoms with van der Waals surface area (Å²) in [6.45, 7) is 1.58. The lowest BCUT2D eigenvalue weighted by molar-refractivity contribution is -0.115. The summed E-state index contributed by atoms with van der Waals surface area (Å²) in [5.74, 6) is 5.77. The van der Waals surface area contributed by atoms with E-state index in [0.29, 0.717) is 26.1 Å². The Morgan fingerprint density at radius 2 is 2.36 bits per heavy atom. The third kappa shape index (κ3) is 3.04. The second kappa shape index (κ2) is 5.93. The molecule has 1 atom stereocenters. The second-order valence-corrected chi connectivity index (χ2v) is 6.27. The van der Waals surface area contributed by atoms with E-state index < -0.39 is 6.10 Å². The van der Waals surface area contributed by atoms with Gasteiger partial charge in [-0.3, -0.25) is 9.78 Å². The van der Waals surface area contributed by atoms with Gasteiger partial charge in [-0.1, -0.05) is 35.8 Å². The molecule has 1 aliphatic rings. The number of aromatic nitrogens is 1. The topological polar surface area (TPSA) is 75.4 Å². The first kappa shape index (κ1) is 14.8. The Morgan fingerprint density at radius 3 is 3.05 bits per heavy atom. The molecule has 0 radical (unpaired) electrons. The van der Waals surface area contributed by atoms with Crippen molar-refractivity contribution in [2.75, 3.05) is 0 Å². The van der Waals surface area contributed by atoms with Crippen LogP contribution < -0.4 is 5.32 Å². The summed E-state index contributed by atoms with van der Waals surface area (Å²) in [6, 6.07) is 1.78. The fraction of sp³-hybridized carbons (Fsp3) is 0.133. The van der Waals surface area contributed by atoms with E-state index in [0.717, 1.165) is 5.39 Å². The molecule has 0 aromatic carbocycles. The van der Waals surface area contributed by atoms with Gasteiger partial charge < -0.3 is 14.8 Å². The zero-order valence-corrected chi connectivity index (χ0v) is 13.0. The molecule has 22 heavy (non-hydrogen) atoms. The van der Waals surface area contributed by atoms with Gasteiger partial charge in [-0.25, -0.2) is 0 Å². The van der Waals surface area contributed by atoms with Crippen molar-refractivity contribution in [2.45, 2.75) is 13.0 Å². The first-order valence-corrected chi connectivity index (χ1v) is 7.57. The maximum Gasteiger partial charge on any atom is 0.263 e. The Bertz CT molecular complexity index is 872. The number of carbonyl (C=O) groups excluding carboxylic acids is 1. The Kier molecular flexibility index (Phi) is 3.98. The zero-order valence-electron chi connectivity index (χ0n) is 11.4. The van der Waals surface area contributed by atoms with Gasteiger partial charge in [-0.15, -0.1) is 0 Å². The summed E-state index contributed by atoms with van der Waals surface area (Å²) in [5, 5.41) is 12.6. The van der Waals surface area contributed by atoms with Crippen LogP contribution in [0.2, 0.25) is 0 Å². The van der Waals surface area contributed by atoms with Crippen LogP contribution in [0.15, 0.2) is 27.8 Å². The smallest absolute Gasteiger partial charge is 0.263 e. The Hall–Kier alpha value is -2.14. The van der Waals surface area contributed by atoms with Crippen LogP contribution in [0, 0.1) is 11.8 Å². The number of furan rings is 1. The summed E-state index contributed by atoms with van der Waals surface area (Å²) < 4.78 is 6.17. The molecule has 3 rings (SSSR count). The number of pyridine rings is 1. The Balaban J connectivity index is 2.02. The molecule has 0 bridgehead atoms. The second-order valence-electron chi connectivity index (χ2n) is 4.55. The predicted molar refractivity (Wildman–Crippen MR) is 88.9 cm³/mol. The number of thioether (sulfide) groups is 1. The van der Waals surface area contributed by atoms with Gasteiger partial charge in [0.15, 0.2) is 5.58 Å². The van der Waals surface area contributed by atoms with Crippen LogP contribution in [0.3, 0.4) is 0 Å². The molecule has 0 spiro atoms. The molecule has 2 aromatic rings. The number of hydrogen-bond acceptors (Lipinski definition) is 6. The van der Waals surface area contributed by atoms with E-state index in [2.05, 4.69) is 22.1 Å². The first-order chi connectivity index (χ1) is 10.5. The average molecular weight is 330 g/mol. The van der Waals surface area contributed by atoms with E-state index in [1.807, 2.05) is 0 Å². The maximum atomic E-state index is 11.7. The minimum Gasteiger partial charge on any atom is -0.455 e. The monoisotopic (exact) mass is 330 g/mol. The summed E-state index contributed by atoms with van der Waals surface area (Å²) in [6.07, 6.45) is 4.13. The lowest BCUT2D eigenvalue weighted by Crippen LogP contribution is -2.17. The van der Waals surface area contributed by atoms with Gasteiger partial charge in [0.05, 0.1) is 10.5 Å². The van der Waals surface area contributed by atoms with Crippen molar-refractivity contribution in [1.29, 1.82) is 0 Å². The van der Waals surface area contributed by atoms with Crippen molar-refractivity contribution >= 4 is 51.3 Å². The lowest BCUT2D eigenvalue weighted by Gasteiger charge is -1.93. The van der Waals surface area contributed by atoms with Crippen LogP contribution in [0.5, 0.6) is 0 Å². The van der Waals surface area contributed by atoms with Crippen molar-refractivity contribution in [1.82, 2.24) is 10.3 Å². The van der Waals surface area contributed by atoms with Crippen molar-refractivity contribution in [3.63, 3.8) is 0 Å². The molecule has 3 heterocycles. The zero-order chi connectivity index (χ0) is 15.7. The first-order valence-electron chi connectivity index (χ1n) is 6.35. The summed E-state index contributed by atoms with van der Waals surface area (Å²) in [5.41, 5.74) is 1.16. The van der Waals surface area contributed by atoms with Crippen LogP contribution in [-0.2, 0) is 4.79 Å². The van der Waals surface area contributed by atoms with Gasteiger partial charge in [0.25, 0.3) is 5.91 Å². The minimum absolute atomic E-state index is 0.234. The number of nitrogens with zero attached hydrogens (tertiary/aromatic N) is 1. The highest BCUT2D eigenvalue weighted by molar-refractivity contribution is 8.26. The van der Waals surface area contributed by atoms with Gasteiger partial charge in [0.2, 0.25) is 0 Å². The number of amides is 1. The summed E-state index contributed by atoms with van der Waals surface area (Å²) >= 11 is 6.13. The van der Waals surface area contributed by atoms with Crippen molar-refractivity contribution in [3.05, 3.63) is 34.7 Å². The number of nitrogens with one attached hydrogen (secondary N) is 1. The highest BCUT2D eigenvalue weighted by Gasteiger charge is 2.22. The van der Waals surface area contributed by atoms with Crippen molar-refractivity contribution < 1.29 is 14.3 Å². The fourth-order valence-electron chi connectivity index (χ4n) is 1.87. The SMILES string of the molecule is CC(O)C#Cc1cncc2cc(/C=C3\SC(=S)NC3=O)oc12. The van der Waals surface area contributed by atoms with Crippen molar-refractivity contribution in [3.8, 4) is 11.8 Å². The highest BCUT2D eigenvalue weighted by atomic mass is 32.2. The van der Waals surface area contributed by atoms with Gasteiger partial charge >= 0.3 is 0 Å². The van der Waals surface area contributed by atoms with Crippen LogP contribution in [-0.4, -0.2) is 26.4 Å². The molecule has 110 valence electrons. The number of thiocarbonyl (C=S) groups is 1. The molecule has 1 saturated heterocycles. The fourth-order valence-corrected chi connectivity index (χ4v) is 2.90. The van der Waals surface area contributed by atoms with Crippen LogP contribution in [0.4, 0.5) is 0 Å². The van der Waals surface area contributed by atoms with Crippen LogP contribution >= 0.6 is 24.0 Å². The predicted octanol–water partition coefficient (Wildman–Crippen LogP) is 2.05. The molecule has 0 aliphatic carbocycles. The third-order valence-electron chi connectivity index (χ3n) is 2.77. The molecule has 0 saturated carbocycles. The Labute approximate surface area is 135 Å². The lowest BCUT2D eigenvalue weighted by atomic mass is 10.2. The average Bonchev–Trinajstić information content (AvgIpc) is 2.99. The van der Waals surface area contributed by atoms with Gasteiger partial charge in [0.1, 0.15) is 16.2 Å². The van der Waals surface area contributed by atoms with Gasteiger partial charge in [-0.2, -0.15) is 0 Å². The largest absolute Gasteiger partial charge is 0.455 e. The highest BCUT2D eigenvalue weighted by Crippen LogP contribution is 2.29.